The van der Waals surface area contributed by atoms with Crippen molar-refractivity contribution in [3.63, 3.8) is 0 Å². The molecule has 0 unspecified atom stereocenters. The van der Waals surface area contributed by atoms with Gasteiger partial charge in [-0.05, 0) is 68.3 Å². The highest BCUT2D eigenvalue weighted by molar-refractivity contribution is 7.89. The molecule has 0 atom stereocenters. The number of rotatable bonds is 6. The molecular formula is C18H22N2O3S. The van der Waals surface area contributed by atoms with Gasteiger partial charge in [0, 0.05) is 12.1 Å². The fraction of sp³-hybridized carbons (Fsp3) is 0.278. The smallest absolute Gasteiger partial charge is 0.240 e. The molecule has 2 aromatic rings. The van der Waals surface area contributed by atoms with Crippen LogP contribution in [0.1, 0.15) is 23.1 Å². The van der Waals surface area contributed by atoms with Gasteiger partial charge in [-0.2, -0.15) is 0 Å². The van der Waals surface area contributed by atoms with E-state index in [2.05, 4.69) is 10.0 Å². The molecule has 0 fully saturated rings. The van der Waals surface area contributed by atoms with E-state index in [1.165, 1.54) is 12.6 Å². The van der Waals surface area contributed by atoms with Gasteiger partial charge >= 0.3 is 0 Å². The molecular weight excluding hydrogens is 324 g/mol. The lowest BCUT2D eigenvalue weighted by molar-refractivity contribution is -0.116. The quantitative estimate of drug-likeness (QED) is 0.844. The summed E-state index contributed by atoms with van der Waals surface area (Å²) in [4.78, 5) is 12.3. The van der Waals surface area contributed by atoms with Gasteiger partial charge in [0.25, 0.3) is 0 Å². The third-order valence-corrected chi connectivity index (χ3v) is 5.36. The number of aryl methyl sites for hydroxylation is 3. The Balaban J connectivity index is 1.93. The van der Waals surface area contributed by atoms with Crippen LogP contribution in [-0.2, 0) is 21.2 Å². The van der Waals surface area contributed by atoms with E-state index in [0.717, 1.165) is 16.8 Å². The van der Waals surface area contributed by atoms with Crippen molar-refractivity contribution >= 4 is 21.6 Å². The second-order valence-corrected chi connectivity index (χ2v) is 7.59. The number of hydrogen-bond donors (Lipinski definition) is 2. The average molecular weight is 346 g/mol. The predicted octanol–water partition coefficient (Wildman–Crippen LogP) is 2.78. The molecule has 0 saturated heterocycles. The molecule has 0 aromatic heterocycles. The number of nitrogens with one attached hydrogen (secondary N) is 2. The van der Waals surface area contributed by atoms with Crippen LogP contribution in [0.3, 0.4) is 0 Å². The third-order valence-electron chi connectivity index (χ3n) is 3.93. The first-order valence-corrected chi connectivity index (χ1v) is 9.20. The molecule has 2 aromatic carbocycles. The SMILES string of the molecule is CNS(=O)(=O)c1ccc(CCC(=O)Nc2ccc(C)c(C)c2)cc1. The second kappa shape index (κ2) is 7.59. The van der Waals surface area contributed by atoms with Crippen molar-refractivity contribution in [2.24, 2.45) is 0 Å². The lowest BCUT2D eigenvalue weighted by Crippen LogP contribution is -2.18. The lowest BCUT2D eigenvalue weighted by Gasteiger charge is -2.08. The van der Waals surface area contributed by atoms with E-state index in [9.17, 15) is 13.2 Å². The van der Waals surface area contributed by atoms with Crippen LogP contribution in [-0.4, -0.2) is 21.4 Å². The zero-order valence-electron chi connectivity index (χ0n) is 14.1. The van der Waals surface area contributed by atoms with E-state index in [1.807, 2.05) is 32.0 Å². The Morgan fingerprint density at radius 1 is 1.00 bits per heavy atom. The highest BCUT2D eigenvalue weighted by Crippen LogP contribution is 2.15. The van der Waals surface area contributed by atoms with Gasteiger partial charge in [0.15, 0.2) is 0 Å². The van der Waals surface area contributed by atoms with E-state index in [1.54, 1.807) is 24.3 Å². The fourth-order valence-corrected chi connectivity index (χ4v) is 2.98. The molecule has 0 heterocycles. The Kier molecular flexibility index (Phi) is 5.75. The lowest BCUT2D eigenvalue weighted by atomic mass is 10.1. The van der Waals surface area contributed by atoms with Crippen molar-refractivity contribution in [3.05, 3.63) is 59.2 Å². The zero-order chi connectivity index (χ0) is 17.7. The standard InChI is InChI=1S/C18H22N2O3S/c1-13-4-8-16(12-14(13)2)20-18(21)11-7-15-5-9-17(10-6-15)24(22,23)19-3/h4-6,8-10,12,19H,7,11H2,1-3H3,(H,20,21). The number of anilines is 1. The van der Waals surface area contributed by atoms with Crippen molar-refractivity contribution in [3.8, 4) is 0 Å². The highest BCUT2D eigenvalue weighted by Gasteiger charge is 2.11. The van der Waals surface area contributed by atoms with Crippen LogP contribution in [0.2, 0.25) is 0 Å². The Bertz CT molecular complexity index is 828. The van der Waals surface area contributed by atoms with Gasteiger partial charge in [-0.3, -0.25) is 4.79 Å². The minimum atomic E-state index is -3.42. The molecule has 128 valence electrons. The van der Waals surface area contributed by atoms with Crippen molar-refractivity contribution in [1.29, 1.82) is 0 Å². The van der Waals surface area contributed by atoms with Crippen LogP contribution in [0, 0.1) is 13.8 Å². The summed E-state index contributed by atoms with van der Waals surface area (Å²) in [6.07, 6.45) is 0.890. The average Bonchev–Trinajstić information content (AvgIpc) is 2.57. The largest absolute Gasteiger partial charge is 0.326 e. The molecule has 0 saturated carbocycles. The highest BCUT2D eigenvalue weighted by atomic mass is 32.2. The van der Waals surface area contributed by atoms with Crippen LogP contribution in [0.4, 0.5) is 5.69 Å². The van der Waals surface area contributed by atoms with E-state index < -0.39 is 10.0 Å². The van der Waals surface area contributed by atoms with Crippen LogP contribution >= 0.6 is 0 Å². The molecule has 6 heteroatoms. The summed E-state index contributed by atoms with van der Waals surface area (Å²) in [6, 6.07) is 12.4. The Labute approximate surface area is 143 Å². The molecule has 24 heavy (non-hydrogen) atoms. The minimum Gasteiger partial charge on any atom is -0.326 e. The number of carbonyl (C=O) groups is 1. The summed E-state index contributed by atoms with van der Waals surface area (Å²) in [5.74, 6) is -0.0647. The third kappa shape index (κ3) is 4.66. The Hall–Kier alpha value is -2.18. The maximum Gasteiger partial charge on any atom is 0.240 e. The molecule has 0 aliphatic rings. The first-order chi connectivity index (χ1) is 11.3. The molecule has 0 spiro atoms. The van der Waals surface area contributed by atoms with Gasteiger partial charge in [-0.15, -0.1) is 0 Å². The summed E-state index contributed by atoms with van der Waals surface area (Å²) >= 11 is 0. The van der Waals surface area contributed by atoms with Gasteiger partial charge < -0.3 is 5.32 Å². The molecule has 0 bridgehead atoms. The number of sulfonamides is 1. The van der Waals surface area contributed by atoms with Crippen molar-refractivity contribution in [2.75, 3.05) is 12.4 Å². The summed E-state index contributed by atoms with van der Waals surface area (Å²) in [6.45, 7) is 4.03. The normalized spacial score (nSPS) is 11.3. The Morgan fingerprint density at radius 3 is 2.25 bits per heavy atom. The monoisotopic (exact) mass is 346 g/mol. The van der Waals surface area contributed by atoms with Crippen LogP contribution in [0.5, 0.6) is 0 Å². The zero-order valence-corrected chi connectivity index (χ0v) is 14.9. The number of amides is 1. The number of carbonyl (C=O) groups excluding carboxylic acids is 1. The molecule has 0 radical (unpaired) electrons. The predicted molar refractivity (Wildman–Crippen MR) is 95.6 cm³/mol. The summed E-state index contributed by atoms with van der Waals surface area (Å²) in [7, 11) is -2.05. The van der Waals surface area contributed by atoms with Gasteiger partial charge in [0.2, 0.25) is 15.9 Å². The van der Waals surface area contributed by atoms with Gasteiger partial charge in [-0.25, -0.2) is 13.1 Å². The molecule has 1 amide bonds. The molecule has 5 nitrogen and oxygen atoms in total. The summed E-state index contributed by atoms with van der Waals surface area (Å²) in [5, 5.41) is 2.88. The molecule has 2 rings (SSSR count). The van der Waals surface area contributed by atoms with Crippen LogP contribution in [0.15, 0.2) is 47.4 Å². The van der Waals surface area contributed by atoms with Crippen molar-refractivity contribution in [1.82, 2.24) is 4.72 Å². The second-order valence-electron chi connectivity index (χ2n) is 5.70. The summed E-state index contributed by atoms with van der Waals surface area (Å²) in [5.41, 5.74) is 4.03. The number of benzene rings is 2. The maximum absolute atomic E-state index is 12.0. The van der Waals surface area contributed by atoms with Crippen LogP contribution in [0.25, 0.3) is 0 Å². The first kappa shape index (κ1) is 18.2. The van der Waals surface area contributed by atoms with E-state index in [0.29, 0.717) is 12.8 Å². The topological polar surface area (TPSA) is 75.3 Å². The van der Waals surface area contributed by atoms with Gasteiger partial charge in [0.1, 0.15) is 0 Å². The van der Waals surface area contributed by atoms with Gasteiger partial charge in [0.05, 0.1) is 4.90 Å². The van der Waals surface area contributed by atoms with Gasteiger partial charge in [-0.1, -0.05) is 18.2 Å². The fourth-order valence-electron chi connectivity index (χ4n) is 2.25. The van der Waals surface area contributed by atoms with E-state index >= 15 is 0 Å². The minimum absolute atomic E-state index is 0.0647. The van der Waals surface area contributed by atoms with E-state index in [4.69, 9.17) is 0 Å². The Morgan fingerprint density at radius 2 is 1.67 bits per heavy atom. The molecule has 0 aliphatic carbocycles. The van der Waals surface area contributed by atoms with Crippen molar-refractivity contribution in [2.45, 2.75) is 31.6 Å². The summed E-state index contributed by atoms with van der Waals surface area (Å²) < 4.78 is 25.6. The van der Waals surface area contributed by atoms with Crippen LogP contribution < -0.4 is 10.0 Å². The molecule has 0 aliphatic heterocycles. The maximum atomic E-state index is 12.0. The molecule has 2 N–H and O–H groups in total. The van der Waals surface area contributed by atoms with E-state index in [-0.39, 0.29) is 10.8 Å². The number of hydrogen-bond acceptors (Lipinski definition) is 3. The van der Waals surface area contributed by atoms with Crippen molar-refractivity contribution < 1.29 is 13.2 Å². The first-order valence-electron chi connectivity index (χ1n) is 7.71.